The highest BCUT2D eigenvalue weighted by Crippen LogP contribution is 2.26. The van der Waals surface area contributed by atoms with Crippen LogP contribution < -0.4 is 4.74 Å². The number of terminal acetylenes is 1. The van der Waals surface area contributed by atoms with E-state index in [0.29, 0.717) is 0 Å². The molecule has 0 atom stereocenters. The fourth-order valence-electron chi connectivity index (χ4n) is 1.21. The summed E-state index contributed by atoms with van der Waals surface area (Å²) in [6.07, 6.45) is 7.00. The number of hydrogen-bond donors (Lipinski definition) is 0. The summed E-state index contributed by atoms with van der Waals surface area (Å²) < 4.78 is 5.08. The topological polar surface area (TPSA) is 22.1 Å². The normalized spacial score (nSPS) is 9.60. The van der Waals surface area contributed by atoms with Crippen molar-refractivity contribution in [3.63, 3.8) is 0 Å². The van der Waals surface area contributed by atoms with Gasteiger partial charge in [-0.15, -0.1) is 17.8 Å². The maximum Gasteiger partial charge on any atom is 0.124 e. The van der Waals surface area contributed by atoms with Crippen LogP contribution >= 0.6 is 11.3 Å². The Kier molecular flexibility index (Phi) is 2.70. The maximum absolute atomic E-state index is 5.29. The summed E-state index contributed by atoms with van der Waals surface area (Å²) in [4.78, 5) is 5.10. The van der Waals surface area contributed by atoms with Crippen molar-refractivity contribution >= 4 is 11.3 Å². The Bertz CT molecular complexity index is 493. The molecular weight excluding hydrogens is 206 g/mol. The third-order valence-electron chi connectivity index (χ3n) is 1.98. The van der Waals surface area contributed by atoms with Crippen LogP contribution in [0.4, 0.5) is 0 Å². The van der Waals surface area contributed by atoms with E-state index in [2.05, 4.69) is 10.9 Å². The van der Waals surface area contributed by atoms with Crippen molar-refractivity contribution in [3.8, 4) is 28.7 Å². The molecule has 0 aliphatic heterocycles. The smallest absolute Gasteiger partial charge is 0.124 e. The highest BCUT2D eigenvalue weighted by molar-refractivity contribution is 7.15. The SMILES string of the molecule is C#Cc1cnc(-c2ccc(OC)cc2)s1. The van der Waals surface area contributed by atoms with Crippen LogP contribution in [-0.2, 0) is 0 Å². The van der Waals surface area contributed by atoms with Crippen molar-refractivity contribution in [2.75, 3.05) is 7.11 Å². The van der Waals surface area contributed by atoms with E-state index in [-0.39, 0.29) is 0 Å². The van der Waals surface area contributed by atoms with Crippen LogP contribution in [-0.4, -0.2) is 12.1 Å². The van der Waals surface area contributed by atoms with Crippen molar-refractivity contribution in [2.45, 2.75) is 0 Å². The van der Waals surface area contributed by atoms with E-state index in [1.807, 2.05) is 24.3 Å². The highest BCUT2D eigenvalue weighted by Gasteiger charge is 2.02. The summed E-state index contributed by atoms with van der Waals surface area (Å²) in [7, 11) is 1.65. The summed E-state index contributed by atoms with van der Waals surface area (Å²) in [5.74, 6) is 3.41. The fraction of sp³-hybridized carbons (Fsp3) is 0.0833. The maximum atomic E-state index is 5.29. The van der Waals surface area contributed by atoms with Crippen LogP contribution in [0.3, 0.4) is 0 Å². The molecule has 0 spiro atoms. The molecule has 0 fully saturated rings. The van der Waals surface area contributed by atoms with E-state index in [4.69, 9.17) is 11.2 Å². The summed E-state index contributed by atoms with van der Waals surface area (Å²) >= 11 is 1.51. The number of aromatic nitrogens is 1. The number of rotatable bonds is 2. The molecule has 2 nitrogen and oxygen atoms in total. The third-order valence-corrected chi connectivity index (χ3v) is 2.96. The Balaban J connectivity index is 2.33. The van der Waals surface area contributed by atoms with Crippen LogP contribution in [0.5, 0.6) is 5.75 Å². The monoisotopic (exact) mass is 215 g/mol. The molecule has 0 amide bonds. The van der Waals surface area contributed by atoms with Gasteiger partial charge in [-0.3, -0.25) is 0 Å². The largest absolute Gasteiger partial charge is 0.497 e. The van der Waals surface area contributed by atoms with Gasteiger partial charge in [0.05, 0.1) is 18.2 Å². The van der Waals surface area contributed by atoms with Crippen LogP contribution in [0.1, 0.15) is 4.88 Å². The number of ether oxygens (including phenoxy) is 1. The van der Waals surface area contributed by atoms with Gasteiger partial charge in [-0.1, -0.05) is 5.92 Å². The predicted octanol–water partition coefficient (Wildman–Crippen LogP) is 2.80. The molecule has 1 heterocycles. The minimum atomic E-state index is 0.840. The Morgan fingerprint density at radius 3 is 2.60 bits per heavy atom. The zero-order valence-corrected chi connectivity index (χ0v) is 9.04. The molecule has 0 N–H and O–H groups in total. The number of methoxy groups -OCH3 is 1. The molecule has 2 aromatic rings. The molecule has 0 aliphatic carbocycles. The first-order chi connectivity index (χ1) is 7.33. The minimum Gasteiger partial charge on any atom is -0.497 e. The number of thiazole rings is 1. The second-order valence-corrected chi connectivity index (χ2v) is 3.93. The Hall–Kier alpha value is -1.79. The van der Waals surface area contributed by atoms with Crippen molar-refractivity contribution < 1.29 is 4.74 Å². The van der Waals surface area contributed by atoms with Crippen LogP contribution in [0.2, 0.25) is 0 Å². The molecule has 1 aromatic carbocycles. The lowest BCUT2D eigenvalue weighted by molar-refractivity contribution is 0.415. The number of nitrogens with zero attached hydrogens (tertiary/aromatic N) is 1. The molecule has 15 heavy (non-hydrogen) atoms. The van der Waals surface area contributed by atoms with Gasteiger partial charge in [0.15, 0.2) is 0 Å². The molecule has 0 aliphatic rings. The minimum absolute atomic E-state index is 0.840. The van der Waals surface area contributed by atoms with Gasteiger partial charge >= 0.3 is 0 Å². The summed E-state index contributed by atoms with van der Waals surface area (Å²) in [5, 5.41) is 0.936. The van der Waals surface area contributed by atoms with E-state index in [1.165, 1.54) is 11.3 Å². The molecule has 2 rings (SSSR count). The molecule has 3 heteroatoms. The predicted molar refractivity (Wildman–Crippen MR) is 62.0 cm³/mol. The van der Waals surface area contributed by atoms with Gasteiger partial charge in [0, 0.05) is 5.56 Å². The molecular formula is C12H9NOS. The third kappa shape index (κ3) is 2.00. The Labute approximate surface area is 92.6 Å². The average molecular weight is 215 g/mol. The zero-order valence-electron chi connectivity index (χ0n) is 8.23. The molecule has 1 aromatic heterocycles. The van der Waals surface area contributed by atoms with Gasteiger partial charge in [0.1, 0.15) is 10.8 Å². The van der Waals surface area contributed by atoms with Gasteiger partial charge in [-0.05, 0) is 24.3 Å². The first-order valence-corrected chi connectivity index (χ1v) is 5.22. The van der Waals surface area contributed by atoms with Gasteiger partial charge < -0.3 is 4.74 Å². The average Bonchev–Trinajstić information content (AvgIpc) is 2.78. The number of hydrogen-bond acceptors (Lipinski definition) is 3. The Morgan fingerprint density at radius 2 is 2.07 bits per heavy atom. The van der Waals surface area contributed by atoms with Crippen LogP contribution in [0, 0.1) is 12.3 Å². The fourth-order valence-corrected chi connectivity index (χ4v) is 1.94. The summed E-state index contributed by atoms with van der Waals surface area (Å²) in [6, 6.07) is 7.76. The summed E-state index contributed by atoms with van der Waals surface area (Å²) in [5.41, 5.74) is 1.06. The lowest BCUT2D eigenvalue weighted by Gasteiger charge is -1.99. The molecule has 0 bridgehead atoms. The van der Waals surface area contributed by atoms with Gasteiger partial charge in [-0.2, -0.15) is 0 Å². The standard InChI is InChI=1S/C12H9NOS/c1-3-11-8-13-12(15-11)9-4-6-10(14-2)7-5-9/h1,4-8H,2H3. The molecule has 0 radical (unpaired) electrons. The lowest BCUT2D eigenvalue weighted by Crippen LogP contribution is -1.81. The number of benzene rings is 1. The van der Waals surface area contributed by atoms with Crippen LogP contribution in [0.15, 0.2) is 30.5 Å². The van der Waals surface area contributed by atoms with E-state index < -0.39 is 0 Å². The molecule has 0 saturated heterocycles. The summed E-state index contributed by atoms with van der Waals surface area (Å²) in [6.45, 7) is 0. The van der Waals surface area contributed by atoms with Gasteiger partial charge in [-0.25, -0.2) is 4.98 Å². The Morgan fingerprint density at radius 1 is 1.33 bits per heavy atom. The van der Waals surface area contributed by atoms with E-state index in [9.17, 15) is 0 Å². The quantitative estimate of drug-likeness (QED) is 0.719. The van der Waals surface area contributed by atoms with Crippen molar-refractivity contribution in [1.82, 2.24) is 4.98 Å². The second kappa shape index (κ2) is 4.16. The van der Waals surface area contributed by atoms with Crippen molar-refractivity contribution in [2.24, 2.45) is 0 Å². The second-order valence-electron chi connectivity index (χ2n) is 2.90. The molecule has 0 saturated carbocycles. The van der Waals surface area contributed by atoms with Gasteiger partial charge in [0.2, 0.25) is 0 Å². The molecule has 74 valence electrons. The van der Waals surface area contributed by atoms with Crippen LogP contribution in [0.25, 0.3) is 10.6 Å². The van der Waals surface area contributed by atoms with Crippen molar-refractivity contribution in [1.29, 1.82) is 0 Å². The first-order valence-electron chi connectivity index (χ1n) is 4.40. The lowest BCUT2D eigenvalue weighted by atomic mass is 10.2. The van der Waals surface area contributed by atoms with E-state index in [1.54, 1.807) is 13.3 Å². The molecule has 0 unspecified atom stereocenters. The zero-order chi connectivity index (χ0) is 10.7. The van der Waals surface area contributed by atoms with Gasteiger partial charge in [0.25, 0.3) is 0 Å². The first kappa shape index (κ1) is 9.75. The van der Waals surface area contributed by atoms with E-state index >= 15 is 0 Å². The van der Waals surface area contributed by atoms with E-state index in [0.717, 1.165) is 21.2 Å². The van der Waals surface area contributed by atoms with Crippen molar-refractivity contribution in [3.05, 3.63) is 35.3 Å². The highest BCUT2D eigenvalue weighted by atomic mass is 32.1.